The van der Waals surface area contributed by atoms with Crippen molar-refractivity contribution in [1.82, 2.24) is 9.78 Å². The van der Waals surface area contributed by atoms with Gasteiger partial charge in [-0.25, -0.2) is 4.68 Å². The summed E-state index contributed by atoms with van der Waals surface area (Å²) in [4.78, 5) is 21.6. The van der Waals surface area contributed by atoms with E-state index >= 15 is 0 Å². The van der Waals surface area contributed by atoms with Crippen molar-refractivity contribution in [1.29, 1.82) is 0 Å². The van der Waals surface area contributed by atoms with Crippen LogP contribution in [0.15, 0.2) is 56.3 Å². The highest BCUT2D eigenvalue weighted by Gasteiger charge is 2.24. The van der Waals surface area contributed by atoms with Crippen LogP contribution in [0.3, 0.4) is 0 Å². The molecule has 0 saturated heterocycles. The summed E-state index contributed by atoms with van der Waals surface area (Å²) in [5.41, 5.74) is -0.275. The minimum atomic E-state index is -4.97. The van der Waals surface area contributed by atoms with E-state index in [1.54, 1.807) is 24.3 Å². The van der Waals surface area contributed by atoms with Crippen LogP contribution in [0, 0.1) is 24.0 Å². The van der Waals surface area contributed by atoms with Crippen LogP contribution in [0.4, 0.5) is 17.1 Å². The topological polar surface area (TPSA) is 180 Å². The molecule has 1 aromatic heterocycles. The predicted octanol–water partition coefficient (Wildman–Crippen LogP) is 3.06. The third-order valence-electron chi connectivity index (χ3n) is 4.12. The molecule has 12 nitrogen and oxygen atoms in total. The van der Waals surface area contributed by atoms with Crippen LogP contribution in [-0.4, -0.2) is 32.8 Å². The number of aryl methyl sites for hydroxylation is 2. The second-order valence-electron chi connectivity index (χ2n) is 6.31. The molecule has 0 spiro atoms. The summed E-state index contributed by atoms with van der Waals surface area (Å²) in [6.45, 7) is 3.43. The largest absolute Gasteiger partial charge is 0.504 e. The molecule has 0 atom stereocenters. The maximum absolute atomic E-state index is 12.7. The van der Waals surface area contributed by atoms with Gasteiger partial charge in [0.25, 0.3) is 21.4 Å². The number of phenolic OH excluding ortho intramolecular Hbond substituents is 1. The van der Waals surface area contributed by atoms with E-state index in [9.17, 15) is 33.0 Å². The van der Waals surface area contributed by atoms with Gasteiger partial charge in [0.1, 0.15) is 10.6 Å². The average Bonchev–Trinajstić information content (AvgIpc) is 2.94. The Kier molecular flexibility index (Phi) is 5.24. The highest BCUT2D eigenvalue weighted by Crippen LogP contribution is 2.38. The van der Waals surface area contributed by atoms with Crippen molar-refractivity contribution < 1.29 is 23.0 Å². The van der Waals surface area contributed by atoms with E-state index in [1.165, 1.54) is 11.6 Å². The van der Waals surface area contributed by atoms with E-state index in [2.05, 4.69) is 15.3 Å². The highest BCUT2D eigenvalue weighted by atomic mass is 32.2. The maximum atomic E-state index is 12.7. The molecule has 156 valence electrons. The number of hydrogen-bond acceptors (Lipinski definition) is 8. The Balaban J connectivity index is 2.11. The van der Waals surface area contributed by atoms with Gasteiger partial charge in [-0.3, -0.25) is 24.6 Å². The molecule has 0 amide bonds. The number of nitrogens with one attached hydrogen (secondary N) is 1. The first-order chi connectivity index (χ1) is 14.0. The number of rotatable bonds is 5. The van der Waals surface area contributed by atoms with Crippen LogP contribution < -0.4 is 5.56 Å². The van der Waals surface area contributed by atoms with Crippen LogP contribution in [0.1, 0.15) is 11.3 Å². The van der Waals surface area contributed by atoms with Crippen molar-refractivity contribution in [2.24, 2.45) is 10.2 Å². The molecule has 0 aliphatic rings. The fraction of sp³-hybridized carbons (Fsp3) is 0.118. The van der Waals surface area contributed by atoms with Gasteiger partial charge < -0.3 is 5.11 Å². The molecule has 0 aliphatic carbocycles. The molecule has 1 heterocycles. The standard InChI is InChI=1S/C17H15N5O7S/c1-9-3-5-11(6-4-9)21-17(24)15(10(2)20-21)19-18-13-7-12(22(25)26)8-14(16(13)23)30(27,28)29/h3-8,20,23H,1-2H3,(H,27,28,29). The number of nitro benzene ring substituents is 1. The van der Waals surface area contributed by atoms with Crippen molar-refractivity contribution in [2.75, 3.05) is 0 Å². The molecule has 0 radical (unpaired) electrons. The zero-order valence-corrected chi connectivity index (χ0v) is 16.4. The Labute approximate surface area is 169 Å². The number of aromatic amines is 1. The average molecular weight is 433 g/mol. The molecule has 3 aromatic rings. The van der Waals surface area contributed by atoms with E-state index in [0.717, 1.165) is 11.6 Å². The normalized spacial score (nSPS) is 11.8. The van der Waals surface area contributed by atoms with Gasteiger partial charge in [0.05, 0.1) is 16.3 Å². The van der Waals surface area contributed by atoms with Gasteiger partial charge in [0.15, 0.2) is 11.4 Å². The minimum Gasteiger partial charge on any atom is -0.504 e. The van der Waals surface area contributed by atoms with Gasteiger partial charge in [0.2, 0.25) is 0 Å². The van der Waals surface area contributed by atoms with Crippen molar-refractivity contribution in [2.45, 2.75) is 18.7 Å². The van der Waals surface area contributed by atoms with Gasteiger partial charge in [-0.05, 0) is 26.0 Å². The first kappa shape index (κ1) is 20.9. The number of benzene rings is 2. The van der Waals surface area contributed by atoms with Gasteiger partial charge in [0, 0.05) is 12.1 Å². The Morgan fingerprint density at radius 1 is 1.13 bits per heavy atom. The summed E-state index contributed by atoms with van der Waals surface area (Å²) in [6, 6.07) is 8.26. The lowest BCUT2D eigenvalue weighted by Crippen LogP contribution is -2.13. The number of nitrogens with zero attached hydrogens (tertiary/aromatic N) is 4. The van der Waals surface area contributed by atoms with Crippen LogP contribution in [0.5, 0.6) is 5.75 Å². The second-order valence-corrected chi connectivity index (χ2v) is 7.70. The molecule has 13 heteroatoms. The zero-order valence-electron chi connectivity index (χ0n) is 15.6. The number of nitro groups is 1. The molecule has 0 unspecified atom stereocenters. The number of phenols is 1. The number of aromatic hydroxyl groups is 1. The summed E-state index contributed by atoms with van der Waals surface area (Å²) in [5.74, 6) is -1.04. The van der Waals surface area contributed by atoms with E-state index in [1.807, 2.05) is 6.92 Å². The highest BCUT2D eigenvalue weighted by molar-refractivity contribution is 7.86. The fourth-order valence-corrected chi connectivity index (χ4v) is 3.21. The molecule has 3 N–H and O–H groups in total. The number of hydrogen-bond donors (Lipinski definition) is 3. The molecule has 0 bridgehead atoms. The molecule has 0 fully saturated rings. The van der Waals surface area contributed by atoms with E-state index < -0.39 is 42.6 Å². The lowest BCUT2D eigenvalue weighted by atomic mass is 10.2. The quantitative estimate of drug-likeness (QED) is 0.239. The maximum Gasteiger partial charge on any atom is 0.299 e. The molecule has 2 aromatic carbocycles. The predicted molar refractivity (Wildman–Crippen MR) is 105 cm³/mol. The van der Waals surface area contributed by atoms with Crippen LogP contribution >= 0.6 is 0 Å². The van der Waals surface area contributed by atoms with Crippen molar-refractivity contribution >= 4 is 27.2 Å². The number of H-pyrrole nitrogens is 1. The van der Waals surface area contributed by atoms with Gasteiger partial charge >= 0.3 is 0 Å². The van der Waals surface area contributed by atoms with Crippen LogP contribution in [0.2, 0.25) is 0 Å². The van der Waals surface area contributed by atoms with Gasteiger partial charge in [-0.15, -0.1) is 10.2 Å². The van der Waals surface area contributed by atoms with Gasteiger partial charge in [-0.2, -0.15) is 8.42 Å². The monoisotopic (exact) mass is 433 g/mol. The Bertz CT molecular complexity index is 1340. The van der Waals surface area contributed by atoms with Crippen molar-refractivity contribution in [3.05, 3.63) is 68.1 Å². The molecular formula is C17H15N5O7S. The molecule has 3 rings (SSSR count). The van der Waals surface area contributed by atoms with Crippen molar-refractivity contribution in [3.8, 4) is 11.4 Å². The third kappa shape index (κ3) is 3.97. The number of azo groups is 1. The summed E-state index contributed by atoms with van der Waals surface area (Å²) < 4.78 is 33.2. The van der Waals surface area contributed by atoms with E-state index in [4.69, 9.17) is 0 Å². The Morgan fingerprint density at radius 3 is 2.33 bits per heavy atom. The van der Waals surface area contributed by atoms with Crippen LogP contribution in [0.25, 0.3) is 5.69 Å². The molecule has 0 saturated carbocycles. The molecule has 30 heavy (non-hydrogen) atoms. The molecule has 0 aliphatic heterocycles. The smallest absolute Gasteiger partial charge is 0.299 e. The fourth-order valence-electron chi connectivity index (χ4n) is 2.59. The first-order valence-electron chi connectivity index (χ1n) is 8.28. The van der Waals surface area contributed by atoms with E-state index in [-0.39, 0.29) is 5.69 Å². The van der Waals surface area contributed by atoms with Gasteiger partial charge in [-0.1, -0.05) is 17.7 Å². The third-order valence-corrected chi connectivity index (χ3v) is 4.99. The van der Waals surface area contributed by atoms with Crippen molar-refractivity contribution in [3.63, 3.8) is 0 Å². The minimum absolute atomic E-state index is 0.158. The second kappa shape index (κ2) is 7.53. The zero-order chi connectivity index (χ0) is 22.2. The summed E-state index contributed by atoms with van der Waals surface area (Å²) in [6.07, 6.45) is 0. The number of aromatic nitrogens is 2. The summed E-state index contributed by atoms with van der Waals surface area (Å²) in [5, 5.41) is 31.2. The first-order valence-corrected chi connectivity index (χ1v) is 9.72. The Hall–Kier alpha value is -3.84. The molecular weight excluding hydrogens is 418 g/mol. The lowest BCUT2D eigenvalue weighted by Gasteiger charge is -2.03. The summed E-state index contributed by atoms with van der Waals surface area (Å²) in [7, 11) is -4.97. The van der Waals surface area contributed by atoms with E-state index in [0.29, 0.717) is 17.4 Å². The summed E-state index contributed by atoms with van der Waals surface area (Å²) >= 11 is 0. The number of non-ortho nitro benzene ring substituents is 1. The lowest BCUT2D eigenvalue weighted by molar-refractivity contribution is -0.385. The SMILES string of the molecule is Cc1ccc(-n2[nH]c(C)c(N=Nc3cc([N+](=O)[O-])cc(S(=O)(=O)O)c3O)c2=O)cc1. The Morgan fingerprint density at radius 2 is 1.77 bits per heavy atom. The van der Waals surface area contributed by atoms with Crippen LogP contribution in [-0.2, 0) is 10.1 Å².